The van der Waals surface area contributed by atoms with Gasteiger partial charge in [0.15, 0.2) is 0 Å². The Morgan fingerprint density at radius 3 is 1.60 bits per heavy atom. The van der Waals surface area contributed by atoms with Gasteiger partial charge >= 0.3 is 0 Å². The lowest BCUT2D eigenvalue weighted by molar-refractivity contribution is 0.0368. The second-order valence-electron chi connectivity index (χ2n) is 30.4. The number of nitrogens with one attached hydrogen (secondary N) is 3. The van der Waals surface area contributed by atoms with E-state index in [9.17, 15) is 9.59 Å². The van der Waals surface area contributed by atoms with Crippen LogP contribution >= 0.6 is 0 Å². The van der Waals surface area contributed by atoms with Crippen molar-refractivity contribution in [2.75, 3.05) is 123 Å². The molecule has 3 amide bonds. The zero-order chi connectivity index (χ0) is 73.8. The van der Waals surface area contributed by atoms with Gasteiger partial charge in [-0.2, -0.15) is 15.3 Å². The number of benzene rings is 6. The van der Waals surface area contributed by atoms with Gasteiger partial charge in [-0.3, -0.25) is 33.3 Å². The molecule has 3 aromatic heterocycles. The molecule has 21 heteroatoms. The number of methoxy groups -OCH3 is 3. The van der Waals surface area contributed by atoms with E-state index < -0.39 is 0 Å². The molecule has 7 heterocycles. The highest BCUT2D eigenvalue weighted by atomic mass is 16.5. The van der Waals surface area contributed by atoms with Gasteiger partial charge in [-0.15, -0.1) is 0 Å². The molecule has 1 aliphatic carbocycles. The van der Waals surface area contributed by atoms with E-state index >= 15 is 4.79 Å². The van der Waals surface area contributed by atoms with E-state index in [0.29, 0.717) is 46.9 Å². The van der Waals surface area contributed by atoms with Gasteiger partial charge in [0.25, 0.3) is 17.7 Å². The maximum absolute atomic E-state index is 15.0. The fourth-order valence-corrected chi connectivity index (χ4v) is 16.2. The molecule has 550 valence electrons. The smallest absolute Gasteiger partial charge is 0.252 e. The highest BCUT2D eigenvalue weighted by Gasteiger charge is 2.50. The highest BCUT2D eigenvalue weighted by Crippen LogP contribution is 2.51. The summed E-state index contributed by atoms with van der Waals surface area (Å²) >= 11 is 0. The first-order valence-electron chi connectivity index (χ1n) is 37.3. The van der Waals surface area contributed by atoms with Gasteiger partial charge in [0.05, 0.1) is 69.6 Å². The van der Waals surface area contributed by atoms with Crippen molar-refractivity contribution in [3.63, 3.8) is 0 Å². The van der Waals surface area contributed by atoms with Crippen LogP contribution in [0.1, 0.15) is 145 Å². The van der Waals surface area contributed by atoms with Crippen LogP contribution < -0.4 is 44.9 Å². The predicted molar refractivity (Wildman–Crippen MR) is 416 cm³/mol. The normalized spacial score (nSPS) is 19.4. The van der Waals surface area contributed by atoms with E-state index in [2.05, 4.69) is 159 Å². The number of carbonyl (C=O) groups excluding carboxylic acids is 3. The summed E-state index contributed by atoms with van der Waals surface area (Å²) in [5, 5.41) is 24.6. The number of piperazine rings is 3. The maximum Gasteiger partial charge on any atom is 0.252 e. The van der Waals surface area contributed by atoms with Crippen LogP contribution in [0.2, 0.25) is 0 Å². The minimum atomic E-state index is -0.356. The number of carbonyl (C=O) groups is 3. The Kier molecular flexibility index (Phi) is 20.5. The summed E-state index contributed by atoms with van der Waals surface area (Å²) in [5.74, 6) is 2.40. The van der Waals surface area contributed by atoms with Crippen molar-refractivity contribution in [3.8, 4) is 50.6 Å². The molecule has 8 atom stereocenters. The molecule has 14 rings (SSSR count). The van der Waals surface area contributed by atoms with Gasteiger partial charge in [-0.25, -0.2) is 0 Å². The number of rotatable bonds is 24. The Hall–Kier alpha value is -9.96. The number of likely N-dealkylation sites (tertiary alicyclic amines) is 1. The number of anilines is 3. The number of aryl methyl sites for hydroxylation is 3. The van der Waals surface area contributed by atoms with Crippen LogP contribution in [0, 0.1) is 33.6 Å². The number of hydrogen-bond donors (Lipinski definition) is 3. The Balaban J connectivity index is 0.657. The number of amides is 3. The number of hydrogen-bond acceptors (Lipinski definition) is 15. The van der Waals surface area contributed by atoms with Gasteiger partial charge < -0.3 is 54.7 Å². The largest absolute Gasteiger partial charge is 0.496 e. The number of likely N-dealkylation sites (N-methyl/N-ethyl adjacent to an activating group) is 3. The Morgan fingerprint density at radius 2 is 1.05 bits per heavy atom. The summed E-state index contributed by atoms with van der Waals surface area (Å²) in [5.41, 5.74) is 19.7. The second-order valence-corrected chi connectivity index (χ2v) is 30.4. The molecule has 4 aliphatic heterocycles. The van der Waals surface area contributed by atoms with Gasteiger partial charge in [0, 0.05) is 171 Å². The molecular weight excluding hydrogens is 1320 g/mol. The lowest BCUT2D eigenvalue weighted by Gasteiger charge is -2.62. The number of ether oxygens (including phenoxy) is 3. The standard InChI is InChI=1S/C84H103N15O6/c1-50-16-20-65(95-28-24-91(9)25-29-95)38-68(50)82(100)87-54(5)58-17-21-79(103-13)73(34-58)63-42-85-97(45-63)44-62-37-72(62)69-39-66(96-30-26-92(10)27-31-96)40-71(53(69)4)84(102)89-55(6)59-18-22-80(104-14)74(35-59)64-43-86-99(46-64)51(2)32-61-33-67(98-49-77-78(98)48-93(77)11)41-70(52(61)3)83(101)88-56(7)60-19-23-81(105-15)75(36-60)76-47-94(12)90-57(76)8/h16-23,33-36,38-43,45-47,51,54-56,62,72,77-78H,24-32,37,44,48-49H2,1-15H3,(H,87,100)(H,88,101)(H,89,102)/t51?,54-,55-,56-,62?,72?,77+,78?/m1/s1. The van der Waals surface area contributed by atoms with Crippen LogP contribution in [-0.2, 0) is 20.0 Å². The van der Waals surface area contributed by atoms with Crippen LogP contribution in [-0.4, -0.2) is 182 Å². The zero-order valence-corrected chi connectivity index (χ0v) is 63.8. The lowest BCUT2D eigenvalue weighted by Crippen LogP contribution is -2.78. The molecular formula is C84H103N15O6. The van der Waals surface area contributed by atoms with Crippen LogP contribution in [0.3, 0.4) is 0 Å². The summed E-state index contributed by atoms with van der Waals surface area (Å²) in [4.78, 5) is 58.0. The van der Waals surface area contributed by atoms with Crippen molar-refractivity contribution in [1.29, 1.82) is 0 Å². The van der Waals surface area contributed by atoms with Gasteiger partial charge in [0.1, 0.15) is 17.2 Å². The molecule has 0 spiro atoms. The molecule has 1 saturated carbocycles. The minimum absolute atomic E-state index is 0.0783. The van der Waals surface area contributed by atoms with Crippen molar-refractivity contribution < 1.29 is 28.6 Å². The summed E-state index contributed by atoms with van der Waals surface area (Å²) in [6.45, 7) is 26.5. The third-order valence-electron chi connectivity index (χ3n) is 23.3. The molecule has 4 saturated heterocycles. The Morgan fingerprint density at radius 1 is 0.524 bits per heavy atom. The summed E-state index contributed by atoms with van der Waals surface area (Å²) < 4.78 is 23.6. The molecule has 0 bridgehead atoms. The van der Waals surface area contributed by atoms with Gasteiger partial charge in [-0.05, 0) is 219 Å². The highest BCUT2D eigenvalue weighted by molar-refractivity contribution is 5.99. The summed E-state index contributed by atoms with van der Waals surface area (Å²) in [7, 11) is 13.5. The molecule has 4 unspecified atom stereocenters. The van der Waals surface area contributed by atoms with Crippen molar-refractivity contribution in [2.45, 2.75) is 117 Å². The summed E-state index contributed by atoms with van der Waals surface area (Å²) in [6.07, 6.45) is 11.6. The molecule has 6 aromatic carbocycles. The van der Waals surface area contributed by atoms with Crippen molar-refractivity contribution in [1.82, 2.24) is 60.0 Å². The van der Waals surface area contributed by atoms with Gasteiger partial charge in [-0.1, -0.05) is 24.3 Å². The molecule has 5 aliphatic rings. The van der Waals surface area contributed by atoms with Crippen molar-refractivity contribution in [3.05, 3.63) is 195 Å². The van der Waals surface area contributed by atoms with Crippen LogP contribution in [0.4, 0.5) is 17.1 Å². The summed E-state index contributed by atoms with van der Waals surface area (Å²) in [6, 6.07) is 33.3. The van der Waals surface area contributed by atoms with E-state index in [1.54, 1.807) is 21.3 Å². The van der Waals surface area contributed by atoms with Crippen LogP contribution in [0.15, 0.2) is 128 Å². The fraction of sp³-hybridized carbons (Fsp3) is 0.429. The molecule has 0 radical (unpaired) electrons. The predicted octanol–water partition coefficient (Wildman–Crippen LogP) is 12.2. The van der Waals surface area contributed by atoms with E-state index in [0.717, 1.165) is 185 Å². The topological polar surface area (TPSA) is 188 Å². The van der Waals surface area contributed by atoms with Crippen LogP contribution in [0.25, 0.3) is 33.4 Å². The average molecular weight is 1420 g/mol. The van der Waals surface area contributed by atoms with Crippen LogP contribution in [0.5, 0.6) is 17.2 Å². The molecule has 21 nitrogen and oxygen atoms in total. The first-order chi connectivity index (χ1) is 50.5. The molecule has 9 aromatic rings. The quantitative estimate of drug-likeness (QED) is 0.0518. The van der Waals surface area contributed by atoms with E-state index in [4.69, 9.17) is 24.4 Å². The molecule has 3 N–H and O–H groups in total. The van der Waals surface area contributed by atoms with Crippen molar-refractivity contribution in [2.24, 2.45) is 13.0 Å². The van der Waals surface area contributed by atoms with E-state index in [-0.39, 0.29) is 47.8 Å². The third kappa shape index (κ3) is 14.8. The zero-order valence-electron chi connectivity index (χ0n) is 63.8. The second kappa shape index (κ2) is 29.9. The SMILES string of the molecule is COc1ccc([C@@H](C)NC(=O)c2cc(N3CCN(C)CC3)ccc2C)cc1-c1cnn(CC2CC2c2cc(N3CCN(C)CC3)cc(C(=O)N[C@H](C)c3ccc(OC)c(-c4cnn(C(C)Cc5cc(N6C[C@H]7C6CN7C)cc(C(=O)N[C@H](C)c6ccc(OC)c(-c7cn(C)nc7C)c6)c5C)c4)c3)c2C)c1. The first-order valence-corrected chi connectivity index (χ1v) is 37.3. The Labute approximate surface area is 618 Å². The van der Waals surface area contributed by atoms with Gasteiger partial charge in [0.2, 0.25) is 0 Å². The average Bonchev–Trinajstić information content (AvgIpc) is 1.63. The van der Waals surface area contributed by atoms with E-state index in [1.807, 2.05) is 117 Å². The first kappa shape index (κ1) is 72.0. The number of fused-ring (bicyclic) bond motifs is 1. The number of nitrogens with zero attached hydrogens (tertiary/aromatic N) is 12. The molecule has 5 fully saturated rings. The van der Waals surface area contributed by atoms with E-state index in [1.165, 1.54) is 5.56 Å². The fourth-order valence-electron chi connectivity index (χ4n) is 16.2. The monoisotopic (exact) mass is 1420 g/mol. The lowest BCUT2D eigenvalue weighted by atomic mass is 9.84. The van der Waals surface area contributed by atoms with Crippen molar-refractivity contribution >= 4 is 34.8 Å². The Bertz CT molecular complexity index is 4730. The maximum atomic E-state index is 15.0. The minimum Gasteiger partial charge on any atom is -0.496 e. The number of aromatic nitrogens is 6. The third-order valence-corrected chi connectivity index (χ3v) is 23.3. The molecule has 105 heavy (non-hydrogen) atoms.